The molecule has 2 aliphatic heterocycles. The largest absolute Gasteiger partial charge is 0.490 e. The van der Waals surface area contributed by atoms with Crippen molar-refractivity contribution >= 4 is 11.4 Å². The van der Waals surface area contributed by atoms with Crippen LogP contribution in [0.5, 0.6) is 5.75 Å². The first-order valence-corrected chi connectivity index (χ1v) is 6.99. The monoisotopic (exact) mass is 294 g/mol. The Morgan fingerprint density at radius 3 is 2.52 bits per heavy atom. The summed E-state index contributed by atoms with van der Waals surface area (Å²) in [6, 6.07) is 5.14. The van der Waals surface area contributed by atoms with Crippen LogP contribution in [0.3, 0.4) is 0 Å². The summed E-state index contributed by atoms with van der Waals surface area (Å²) < 4.78 is 16.5. The Labute approximate surface area is 122 Å². The molecule has 3 rings (SSSR count). The fourth-order valence-corrected chi connectivity index (χ4v) is 2.99. The molecule has 0 radical (unpaired) electrons. The van der Waals surface area contributed by atoms with Gasteiger partial charge in [0.1, 0.15) is 5.69 Å². The number of hydrogen-bond acceptors (Lipinski definition) is 6. The highest BCUT2D eigenvalue weighted by Gasteiger charge is 2.41. The van der Waals surface area contributed by atoms with Crippen LogP contribution in [0, 0.1) is 10.1 Å². The van der Waals surface area contributed by atoms with E-state index in [-0.39, 0.29) is 16.4 Å². The van der Waals surface area contributed by atoms with Gasteiger partial charge in [0.05, 0.1) is 25.2 Å². The van der Waals surface area contributed by atoms with E-state index in [1.54, 1.807) is 18.2 Å². The number of para-hydroxylation sites is 1. The first-order chi connectivity index (χ1) is 10.2. The number of nitro benzene ring substituents is 1. The predicted octanol–water partition coefficient (Wildman–Crippen LogP) is 1.95. The molecule has 2 aliphatic rings. The van der Waals surface area contributed by atoms with Crippen molar-refractivity contribution in [2.75, 3.05) is 38.3 Å². The number of benzene rings is 1. The van der Waals surface area contributed by atoms with Crippen molar-refractivity contribution in [2.24, 2.45) is 0 Å². The zero-order valence-corrected chi connectivity index (χ0v) is 11.9. The van der Waals surface area contributed by atoms with Gasteiger partial charge in [-0.15, -0.1) is 0 Å². The van der Waals surface area contributed by atoms with Crippen LogP contribution in [-0.2, 0) is 9.47 Å². The number of hydrogen-bond donors (Lipinski definition) is 0. The van der Waals surface area contributed by atoms with Crippen LogP contribution >= 0.6 is 0 Å². The maximum absolute atomic E-state index is 11.3. The molecule has 114 valence electrons. The van der Waals surface area contributed by atoms with Crippen molar-refractivity contribution in [3.8, 4) is 5.75 Å². The lowest BCUT2D eigenvalue weighted by molar-refractivity contribution is -0.385. The number of piperidine rings is 1. The normalized spacial score (nSPS) is 20.7. The summed E-state index contributed by atoms with van der Waals surface area (Å²) in [5.41, 5.74) is 0.608. The first kappa shape index (κ1) is 14.1. The Kier molecular flexibility index (Phi) is 3.69. The van der Waals surface area contributed by atoms with E-state index < -0.39 is 5.79 Å². The number of methoxy groups -OCH3 is 1. The second-order valence-corrected chi connectivity index (χ2v) is 5.18. The Morgan fingerprint density at radius 2 is 1.95 bits per heavy atom. The fraction of sp³-hybridized carbons (Fsp3) is 0.571. The Hall–Kier alpha value is -1.86. The molecule has 7 nitrogen and oxygen atoms in total. The van der Waals surface area contributed by atoms with Crippen LogP contribution in [0.4, 0.5) is 11.4 Å². The minimum Gasteiger partial charge on any atom is -0.490 e. The van der Waals surface area contributed by atoms with Gasteiger partial charge in [-0.1, -0.05) is 6.07 Å². The van der Waals surface area contributed by atoms with Crippen molar-refractivity contribution < 1.29 is 19.1 Å². The van der Waals surface area contributed by atoms with E-state index in [0.29, 0.717) is 44.8 Å². The molecule has 0 atom stereocenters. The Morgan fingerprint density at radius 1 is 1.29 bits per heavy atom. The lowest BCUT2D eigenvalue weighted by Crippen LogP contribution is -2.45. The molecule has 0 bridgehead atoms. The summed E-state index contributed by atoms with van der Waals surface area (Å²) in [6.45, 7) is 2.57. The molecule has 1 aromatic rings. The molecule has 2 heterocycles. The number of nitrogens with zero attached hydrogens (tertiary/aromatic N) is 2. The van der Waals surface area contributed by atoms with Crippen LogP contribution < -0.4 is 9.64 Å². The maximum atomic E-state index is 11.3. The highest BCUT2D eigenvalue weighted by atomic mass is 16.7. The smallest absolute Gasteiger partial charge is 0.333 e. The maximum Gasteiger partial charge on any atom is 0.333 e. The zero-order valence-electron chi connectivity index (χ0n) is 11.9. The predicted molar refractivity (Wildman–Crippen MR) is 75.7 cm³/mol. The summed E-state index contributed by atoms with van der Waals surface area (Å²) in [4.78, 5) is 13.0. The molecular weight excluding hydrogens is 276 g/mol. The summed E-state index contributed by atoms with van der Waals surface area (Å²) in [7, 11) is 1.44. The van der Waals surface area contributed by atoms with Crippen molar-refractivity contribution in [1.29, 1.82) is 0 Å². The number of rotatable bonds is 3. The van der Waals surface area contributed by atoms with Gasteiger partial charge in [0.25, 0.3) is 0 Å². The van der Waals surface area contributed by atoms with E-state index >= 15 is 0 Å². The first-order valence-electron chi connectivity index (χ1n) is 6.99. The van der Waals surface area contributed by atoms with Crippen LogP contribution in [0.15, 0.2) is 18.2 Å². The van der Waals surface area contributed by atoms with Crippen LogP contribution in [0.25, 0.3) is 0 Å². The molecule has 0 amide bonds. The minimum atomic E-state index is -0.482. The highest BCUT2D eigenvalue weighted by Crippen LogP contribution is 2.40. The molecule has 2 fully saturated rings. The molecular formula is C14H18N2O5. The lowest BCUT2D eigenvalue weighted by Gasteiger charge is -2.38. The summed E-state index contributed by atoms with van der Waals surface area (Å²) >= 11 is 0. The van der Waals surface area contributed by atoms with Gasteiger partial charge >= 0.3 is 5.69 Å². The van der Waals surface area contributed by atoms with Gasteiger partial charge in [0, 0.05) is 25.9 Å². The highest BCUT2D eigenvalue weighted by molar-refractivity contribution is 5.70. The number of anilines is 1. The molecule has 1 aromatic carbocycles. The van der Waals surface area contributed by atoms with E-state index in [1.165, 1.54) is 7.11 Å². The van der Waals surface area contributed by atoms with E-state index in [4.69, 9.17) is 14.2 Å². The van der Waals surface area contributed by atoms with Gasteiger partial charge in [-0.05, 0) is 12.1 Å². The summed E-state index contributed by atoms with van der Waals surface area (Å²) in [5.74, 6) is -0.199. The van der Waals surface area contributed by atoms with E-state index in [2.05, 4.69) is 0 Å². The number of ether oxygens (including phenoxy) is 3. The van der Waals surface area contributed by atoms with Crippen molar-refractivity contribution in [3.63, 3.8) is 0 Å². The standard InChI is InChI=1S/C14H18N2O5/c1-19-12-4-2-3-11(13(12)16(17)18)15-7-5-14(6-8-15)20-9-10-21-14/h2-4H,5-10H2,1H3. The average Bonchev–Trinajstić information content (AvgIpc) is 2.95. The minimum absolute atomic E-state index is 0.0178. The Balaban J connectivity index is 1.83. The van der Waals surface area contributed by atoms with Gasteiger partial charge in [-0.2, -0.15) is 0 Å². The van der Waals surface area contributed by atoms with Crippen molar-refractivity contribution in [2.45, 2.75) is 18.6 Å². The van der Waals surface area contributed by atoms with Gasteiger partial charge < -0.3 is 19.1 Å². The third kappa shape index (κ3) is 2.54. The summed E-state index contributed by atoms with van der Waals surface area (Å²) in [5, 5.41) is 11.3. The molecule has 0 saturated carbocycles. The number of nitro groups is 1. The fourth-order valence-electron chi connectivity index (χ4n) is 2.99. The topological polar surface area (TPSA) is 74.1 Å². The Bertz CT molecular complexity index is 532. The zero-order chi connectivity index (χ0) is 14.9. The van der Waals surface area contributed by atoms with E-state index in [9.17, 15) is 10.1 Å². The third-order valence-electron chi connectivity index (χ3n) is 4.06. The molecule has 7 heteroatoms. The van der Waals surface area contributed by atoms with Crippen molar-refractivity contribution in [3.05, 3.63) is 28.3 Å². The van der Waals surface area contributed by atoms with Gasteiger partial charge in [0.15, 0.2) is 11.5 Å². The van der Waals surface area contributed by atoms with Crippen LogP contribution in [0.1, 0.15) is 12.8 Å². The van der Waals surface area contributed by atoms with Crippen molar-refractivity contribution in [1.82, 2.24) is 0 Å². The second-order valence-electron chi connectivity index (χ2n) is 5.18. The lowest BCUT2D eigenvalue weighted by atomic mass is 10.0. The molecule has 0 N–H and O–H groups in total. The molecule has 1 spiro atoms. The molecule has 21 heavy (non-hydrogen) atoms. The average molecular weight is 294 g/mol. The quantitative estimate of drug-likeness (QED) is 0.626. The second kappa shape index (κ2) is 5.50. The van der Waals surface area contributed by atoms with Gasteiger partial charge in [-0.25, -0.2) is 0 Å². The van der Waals surface area contributed by atoms with E-state index in [1.807, 2.05) is 4.90 Å². The third-order valence-corrected chi connectivity index (χ3v) is 4.06. The summed E-state index contributed by atoms with van der Waals surface area (Å²) in [6.07, 6.45) is 1.42. The molecule has 2 saturated heterocycles. The van der Waals surface area contributed by atoms with Crippen LogP contribution in [0.2, 0.25) is 0 Å². The van der Waals surface area contributed by atoms with Gasteiger partial charge in [0.2, 0.25) is 0 Å². The van der Waals surface area contributed by atoms with Crippen LogP contribution in [-0.4, -0.2) is 44.1 Å². The molecule has 0 aliphatic carbocycles. The van der Waals surface area contributed by atoms with E-state index in [0.717, 1.165) is 0 Å². The molecule has 0 aromatic heterocycles. The van der Waals surface area contributed by atoms with Gasteiger partial charge in [-0.3, -0.25) is 10.1 Å². The SMILES string of the molecule is COc1cccc(N2CCC3(CC2)OCCO3)c1[N+](=O)[O-]. The molecule has 0 unspecified atom stereocenters.